The third-order valence-corrected chi connectivity index (χ3v) is 3.22. The van der Waals surface area contributed by atoms with Crippen LogP contribution in [0.25, 0.3) is 0 Å². The van der Waals surface area contributed by atoms with Gasteiger partial charge in [-0.2, -0.15) is 0 Å². The lowest BCUT2D eigenvalue weighted by atomic mass is 10.1. The zero-order valence-electron chi connectivity index (χ0n) is 10.4. The molecule has 0 atom stereocenters. The first kappa shape index (κ1) is 13.7. The lowest BCUT2D eigenvalue weighted by molar-refractivity contribution is 0.0230. The maximum atomic E-state index is 5.35. The van der Waals surface area contributed by atoms with Crippen molar-refractivity contribution in [3.8, 4) is 0 Å². The van der Waals surface area contributed by atoms with Crippen molar-refractivity contribution in [3.63, 3.8) is 0 Å². The molecular weight excluding hydrogens is 266 g/mol. The van der Waals surface area contributed by atoms with Gasteiger partial charge in [-0.25, -0.2) is 0 Å². The van der Waals surface area contributed by atoms with Gasteiger partial charge in [0.05, 0.1) is 5.60 Å². The summed E-state index contributed by atoms with van der Waals surface area (Å²) in [7, 11) is 1.74. The third-order valence-electron chi connectivity index (χ3n) is 2.72. The van der Waals surface area contributed by atoms with E-state index in [1.54, 1.807) is 7.11 Å². The minimum absolute atomic E-state index is 0.108. The number of rotatable bonds is 5. The summed E-state index contributed by atoms with van der Waals surface area (Å²) in [6, 6.07) is 6.36. The van der Waals surface area contributed by atoms with Crippen molar-refractivity contribution < 1.29 is 4.74 Å². The molecule has 0 unspecified atom stereocenters. The van der Waals surface area contributed by atoms with Crippen LogP contribution in [0.5, 0.6) is 0 Å². The van der Waals surface area contributed by atoms with Crippen molar-refractivity contribution in [2.24, 2.45) is 0 Å². The van der Waals surface area contributed by atoms with Crippen LogP contribution in [0.3, 0.4) is 0 Å². The van der Waals surface area contributed by atoms with Crippen molar-refractivity contribution >= 4 is 15.9 Å². The number of hydrogen-bond donors (Lipinski definition) is 1. The Balaban J connectivity index is 2.49. The number of ether oxygens (including phenoxy) is 1. The first-order chi connectivity index (χ1) is 7.44. The summed E-state index contributed by atoms with van der Waals surface area (Å²) in [6.45, 7) is 8.01. The average Bonchev–Trinajstić information content (AvgIpc) is 2.21. The van der Waals surface area contributed by atoms with E-state index in [1.807, 2.05) is 0 Å². The van der Waals surface area contributed by atoms with E-state index in [0.29, 0.717) is 0 Å². The number of nitrogens with one attached hydrogen (secondary N) is 1. The molecule has 1 rings (SSSR count). The number of halogens is 1. The summed E-state index contributed by atoms with van der Waals surface area (Å²) in [4.78, 5) is 0. The molecule has 0 amide bonds. The Kier molecular flexibility index (Phi) is 4.96. The van der Waals surface area contributed by atoms with Crippen LogP contribution in [-0.2, 0) is 11.3 Å². The molecule has 0 aromatic heterocycles. The lowest BCUT2D eigenvalue weighted by Gasteiger charge is -2.23. The number of benzene rings is 1. The van der Waals surface area contributed by atoms with Gasteiger partial charge < -0.3 is 10.1 Å². The molecule has 0 fully saturated rings. The predicted molar refractivity (Wildman–Crippen MR) is 71.7 cm³/mol. The summed E-state index contributed by atoms with van der Waals surface area (Å²) in [5.41, 5.74) is 2.52. The van der Waals surface area contributed by atoms with Gasteiger partial charge in [-0.1, -0.05) is 22.0 Å². The molecule has 2 nitrogen and oxygen atoms in total. The molecule has 1 aromatic carbocycles. The molecule has 0 aliphatic carbocycles. The van der Waals surface area contributed by atoms with Crippen molar-refractivity contribution in [3.05, 3.63) is 33.8 Å². The van der Waals surface area contributed by atoms with E-state index in [9.17, 15) is 0 Å². The first-order valence-corrected chi connectivity index (χ1v) is 6.25. The van der Waals surface area contributed by atoms with Crippen molar-refractivity contribution in [1.82, 2.24) is 5.32 Å². The molecule has 90 valence electrons. The smallest absolute Gasteiger partial charge is 0.0746 e. The number of hydrogen-bond acceptors (Lipinski definition) is 2. The average molecular weight is 286 g/mol. The highest BCUT2D eigenvalue weighted by Crippen LogP contribution is 2.16. The second-order valence-corrected chi connectivity index (χ2v) is 5.55. The molecule has 0 aliphatic heterocycles. The van der Waals surface area contributed by atoms with Gasteiger partial charge in [0.25, 0.3) is 0 Å². The molecular formula is C13H20BrNO. The quantitative estimate of drug-likeness (QED) is 0.897. The van der Waals surface area contributed by atoms with E-state index in [-0.39, 0.29) is 5.60 Å². The zero-order valence-corrected chi connectivity index (χ0v) is 12.0. The fourth-order valence-electron chi connectivity index (χ4n) is 1.43. The van der Waals surface area contributed by atoms with Crippen LogP contribution >= 0.6 is 15.9 Å². The summed E-state index contributed by atoms with van der Waals surface area (Å²) in [5.74, 6) is 0. The monoisotopic (exact) mass is 285 g/mol. The van der Waals surface area contributed by atoms with E-state index in [2.05, 4.69) is 60.2 Å². The van der Waals surface area contributed by atoms with Gasteiger partial charge in [-0.3, -0.25) is 0 Å². The minimum atomic E-state index is -0.108. The Morgan fingerprint density at radius 3 is 2.62 bits per heavy atom. The summed E-state index contributed by atoms with van der Waals surface area (Å²) >= 11 is 3.47. The van der Waals surface area contributed by atoms with Crippen molar-refractivity contribution in [1.29, 1.82) is 0 Å². The Morgan fingerprint density at radius 1 is 1.38 bits per heavy atom. The van der Waals surface area contributed by atoms with E-state index >= 15 is 0 Å². The molecule has 0 heterocycles. The maximum Gasteiger partial charge on any atom is 0.0746 e. The van der Waals surface area contributed by atoms with Gasteiger partial charge in [0.1, 0.15) is 0 Å². The van der Waals surface area contributed by atoms with Gasteiger partial charge in [-0.05, 0) is 44.0 Å². The van der Waals surface area contributed by atoms with Crippen molar-refractivity contribution in [2.45, 2.75) is 32.9 Å². The van der Waals surface area contributed by atoms with Gasteiger partial charge in [0.2, 0.25) is 0 Å². The second kappa shape index (κ2) is 5.80. The van der Waals surface area contributed by atoms with E-state index in [0.717, 1.165) is 17.6 Å². The van der Waals surface area contributed by atoms with Crippen LogP contribution in [0.1, 0.15) is 25.0 Å². The Hall–Kier alpha value is -0.380. The largest absolute Gasteiger partial charge is 0.377 e. The molecule has 3 heteroatoms. The highest BCUT2D eigenvalue weighted by molar-refractivity contribution is 9.10. The summed E-state index contributed by atoms with van der Waals surface area (Å²) < 4.78 is 6.49. The lowest BCUT2D eigenvalue weighted by Crippen LogP contribution is -2.36. The number of methoxy groups -OCH3 is 1. The van der Waals surface area contributed by atoms with E-state index < -0.39 is 0 Å². The predicted octanol–water partition coefficient (Wildman–Crippen LogP) is 3.27. The Bertz CT molecular complexity index is 350. The minimum Gasteiger partial charge on any atom is -0.377 e. The van der Waals surface area contributed by atoms with Crippen LogP contribution in [0.2, 0.25) is 0 Å². The summed E-state index contributed by atoms with van der Waals surface area (Å²) in [6.07, 6.45) is 0. The third kappa shape index (κ3) is 4.24. The molecule has 0 bridgehead atoms. The fourth-order valence-corrected chi connectivity index (χ4v) is 1.90. The fraction of sp³-hybridized carbons (Fsp3) is 0.538. The molecule has 0 aliphatic rings. The van der Waals surface area contributed by atoms with Gasteiger partial charge >= 0.3 is 0 Å². The van der Waals surface area contributed by atoms with Crippen LogP contribution in [0.4, 0.5) is 0 Å². The molecule has 0 saturated carbocycles. The highest BCUT2D eigenvalue weighted by atomic mass is 79.9. The first-order valence-electron chi connectivity index (χ1n) is 5.45. The molecule has 1 aromatic rings. The molecule has 0 spiro atoms. The van der Waals surface area contributed by atoms with Gasteiger partial charge in [-0.15, -0.1) is 0 Å². The Labute approximate surface area is 107 Å². The van der Waals surface area contributed by atoms with Crippen molar-refractivity contribution in [2.75, 3.05) is 13.7 Å². The number of aryl methyl sites for hydroxylation is 1. The van der Waals surface area contributed by atoms with Crippen LogP contribution in [0, 0.1) is 6.92 Å². The van der Waals surface area contributed by atoms with Crippen LogP contribution in [-0.4, -0.2) is 19.3 Å². The van der Waals surface area contributed by atoms with E-state index in [1.165, 1.54) is 11.1 Å². The molecule has 0 radical (unpaired) electrons. The van der Waals surface area contributed by atoms with Gasteiger partial charge in [0.15, 0.2) is 0 Å². The standard InChI is InChI=1S/C13H20BrNO/c1-10-7-12(14)6-5-11(10)8-15-9-13(2,3)16-4/h5-7,15H,8-9H2,1-4H3. The summed E-state index contributed by atoms with van der Waals surface area (Å²) in [5, 5.41) is 3.41. The highest BCUT2D eigenvalue weighted by Gasteiger charge is 2.15. The normalized spacial score (nSPS) is 11.8. The van der Waals surface area contributed by atoms with Gasteiger partial charge in [0, 0.05) is 24.7 Å². The molecule has 0 saturated heterocycles. The van der Waals surface area contributed by atoms with E-state index in [4.69, 9.17) is 4.74 Å². The maximum absolute atomic E-state index is 5.35. The van der Waals surface area contributed by atoms with Crippen LogP contribution in [0.15, 0.2) is 22.7 Å². The second-order valence-electron chi connectivity index (χ2n) is 4.64. The molecule has 1 N–H and O–H groups in total. The van der Waals surface area contributed by atoms with Crippen LogP contribution < -0.4 is 5.32 Å². The molecule has 16 heavy (non-hydrogen) atoms. The topological polar surface area (TPSA) is 21.3 Å². The SMILES string of the molecule is COC(C)(C)CNCc1ccc(Br)cc1C. The zero-order chi connectivity index (χ0) is 12.2. The Morgan fingerprint density at radius 2 is 2.06 bits per heavy atom.